The Balaban J connectivity index is 1.24. The molecule has 1 N–H and O–H groups in total. The summed E-state index contributed by atoms with van der Waals surface area (Å²) in [5.41, 5.74) is 1.94. The van der Waals surface area contributed by atoms with Crippen LogP contribution < -0.4 is 15.0 Å². The van der Waals surface area contributed by atoms with E-state index in [9.17, 15) is 9.18 Å². The molecule has 1 aliphatic rings. The van der Waals surface area contributed by atoms with Crippen molar-refractivity contribution in [3.05, 3.63) is 77.8 Å². The van der Waals surface area contributed by atoms with E-state index in [-0.39, 0.29) is 17.4 Å². The number of carbonyl (C=O) groups is 1. The molecule has 0 atom stereocenters. The molecule has 1 saturated heterocycles. The van der Waals surface area contributed by atoms with E-state index in [1.165, 1.54) is 12.3 Å². The number of hydrogen-bond acceptors (Lipinski definition) is 6. The van der Waals surface area contributed by atoms with E-state index < -0.39 is 0 Å². The van der Waals surface area contributed by atoms with Crippen molar-refractivity contribution in [1.29, 1.82) is 0 Å². The van der Waals surface area contributed by atoms with Gasteiger partial charge in [-0.1, -0.05) is 30.3 Å². The van der Waals surface area contributed by atoms with Crippen LogP contribution in [-0.2, 0) is 13.0 Å². The van der Waals surface area contributed by atoms with E-state index >= 15 is 0 Å². The number of rotatable bonds is 8. The predicted molar refractivity (Wildman–Crippen MR) is 119 cm³/mol. The third-order valence-electron chi connectivity index (χ3n) is 5.58. The fourth-order valence-corrected chi connectivity index (χ4v) is 3.84. The molecule has 7 nitrogen and oxygen atoms in total. The normalized spacial score (nSPS) is 14.4. The summed E-state index contributed by atoms with van der Waals surface area (Å²) >= 11 is 0. The van der Waals surface area contributed by atoms with E-state index in [1.807, 2.05) is 35.2 Å². The molecule has 1 aromatic heterocycles. The minimum atomic E-state index is -0.265. The van der Waals surface area contributed by atoms with Gasteiger partial charge < -0.3 is 19.4 Å². The Morgan fingerprint density at radius 3 is 2.66 bits per heavy atom. The van der Waals surface area contributed by atoms with Crippen LogP contribution in [0.25, 0.3) is 0 Å². The summed E-state index contributed by atoms with van der Waals surface area (Å²) < 4.78 is 24.8. The van der Waals surface area contributed by atoms with Gasteiger partial charge in [-0.3, -0.25) is 9.69 Å². The first-order valence-corrected chi connectivity index (χ1v) is 10.7. The maximum Gasteiger partial charge on any atom is 0.273 e. The molecule has 2 heterocycles. The summed E-state index contributed by atoms with van der Waals surface area (Å²) in [5.74, 6) is 0.842. The first-order chi connectivity index (χ1) is 15.6. The third kappa shape index (κ3) is 5.26. The number of amides is 1. The fraction of sp³-hybridized carbons (Fsp3) is 0.333. The monoisotopic (exact) mass is 438 g/mol. The van der Waals surface area contributed by atoms with Crippen molar-refractivity contribution in [2.75, 3.05) is 44.7 Å². The molecule has 1 fully saturated rings. The number of piperazine rings is 1. The maximum absolute atomic E-state index is 14.0. The second-order valence-corrected chi connectivity index (χ2v) is 7.66. The van der Waals surface area contributed by atoms with Crippen molar-refractivity contribution in [2.45, 2.75) is 13.0 Å². The molecule has 32 heavy (non-hydrogen) atoms. The summed E-state index contributed by atoms with van der Waals surface area (Å²) in [6.07, 6.45) is 2.05. The molecule has 8 heteroatoms. The Morgan fingerprint density at radius 1 is 1.12 bits per heavy atom. The fourth-order valence-electron chi connectivity index (χ4n) is 3.84. The molecule has 0 unspecified atom stereocenters. The van der Waals surface area contributed by atoms with Crippen molar-refractivity contribution in [3.63, 3.8) is 0 Å². The van der Waals surface area contributed by atoms with Crippen LogP contribution >= 0.6 is 0 Å². The van der Waals surface area contributed by atoms with Crippen LogP contribution in [0.3, 0.4) is 0 Å². The molecule has 1 amide bonds. The van der Waals surface area contributed by atoms with E-state index in [0.717, 1.165) is 37.5 Å². The lowest BCUT2D eigenvalue weighted by Crippen LogP contribution is -2.46. The molecule has 4 rings (SSSR count). The first kappa shape index (κ1) is 21.8. The van der Waals surface area contributed by atoms with Gasteiger partial charge in [0, 0.05) is 32.7 Å². The molecule has 0 bridgehead atoms. The highest BCUT2D eigenvalue weighted by atomic mass is 19.1. The lowest BCUT2D eigenvalue weighted by Gasteiger charge is -2.35. The van der Waals surface area contributed by atoms with Crippen LogP contribution in [-0.4, -0.2) is 55.6 Å². The maximum atomic E-state index is 14.0. The van der Waals surface area contributed by atoms with Gasteiger partial charge in [-0.2, -0.15) is 0 Å². The van der Waals surface area contributed by atoms with Crippen LogP contribution in [0.15, 0.2) is 59.2 Å². The number of halogens is 1. The van der Waals surface area contributed by atoms with Gasteiger partial charge in [0.1, 0.15) is 17.8 Å². The number of anilines is 1. The van der Waals surface area contributed by atoms with Crippen LogP contribution in [0.1, 0.15) is 21.9 Å². The van der Waals surface area contributed by atoms with E-state index in [0.29, 0.717) is 31.1 Å². The highest BCUT2D eigenvalue weighted by molar-refractivity contribution is 5.91. The average Bonchev–Trinajstić information content (AvgIpc) is 3.29. The zero-order valence-corrected chi connectivity index (χ0v) is 18.1. The largest absolute Gasteiger partial charge is 0.496 e. The number of nitrogens with one attached hydrogen (secondary N) is 1. The Bertz CT molecular complexity index is 1050. The summed E-state index contributed by atoms with van der Waals surface area (Å²) in [5, 5.41) is 2.87. The van der Waals surface area contributed by atoms with Gasteiger partial charge in [0.25, 0.3) is 5.91 Å². The number of benzene rings is 2. The summed E-state index contributed by atoms with van der Waals surface area (Å²) in [7, 11) is 1.63. The van der Waals surface area contributed by atoms with E-state index in [4.69, 9.17) is 9.15 Å². The molecule has 0 aliphatic carbocycles. The zero-order valence-electron chi connectivity index (χ0n) is 18.1. The molecule has 3 aromatic rings. The van der Waals surface area contributed by atoms with E-state index in [2.05, 4.69) is 15.2 Å². The number of oxazole rings is 1. The number of methoxy groups -OCH3 is 1. The molecule has 1 aliphatic heterocycles. The van der Waals surface area contributed by atoms with E-state index in [1.54, 1.807) is 19.2 Å². The summed E-state index contributed by atoms with van der Waals surface area (Å²) in [6, 6.07) is 14.6. The van der Waals surface area contributed by atoms with Gasteiger partial charge in [0.05, 0.1) is 19.3 Å². The van der Waals surface area contributed by atoms with Crippen LogP contribution in [0, 0.1) is 5.82 Å². The quantitative estimate of drug-likeness (QED) is 0.583. The number of ether oxygens (including phenoxy) is 1. The molecule has 0 saturated carbocycles. The number of para-hydroxylation sites is 2. The van der Waals surface area contributed by atoms with Gasteiger partial charge in [0.15, 0.2) is 5.69 Å². The SMILES string of the molecule is COc1ccccc1CCNC(=O)c1coc(CN2CCN(c3ccccc3F)CC2)n1. The van der Waals surface area contributed by atoms with Crippen molar-refractivity contribution >= 4 is 11.6 Å². The standard InChI is InChI=1S/C24H27FN4O3/c1-31-22-9-5-2-6-18(22)10-11-26-24(30)20-17-32-23(27-20)16-28-12-14-29(15-13-28)21-8-4-3-7-19(21)25/h2-9,17H,10-16H2,1H3,(H,26,30). The van der Waals surface area contributed by atoms with Crippen LogP contribution in [0.4, 0.5) is 10.1 Å². The smallest absolute Gasteiger partial charge is 0.273 e. The van der Waals surface area contributed by atoms with Gasteiger partial charge in [-0.05, 0) is 30.2 Å². The molecular formula is C24H27FN4O3. The Hall–Kier alpha value is -3.39. The zero-order chi connectivity index (χ0) is 22.3. The second kappa shape index (κ2) is 10.3. The van der Waals surface area contributed by atoms with Gasteiger partial charge in [0.2, 0.25) is 5.89 Å². The van der Waals surface area contributed by atoms with Crippen LogP contribution in [0.5, 0.6) is 5.75 Å². The molecule has 0 radical (unpaired) electrons. The van der Waals surface area contributed by atoms with Gasteiger partial charge in [-0.25, -0.2) is 9.37 Å². The average molecular weight is 439 g/mol. The third-order valence-corrected chi connectivity index (χ3v) is 5.58. The number of hydrogen-bond donors (Lipinski definition) is 1. The molecule has 2 aromatic carbocycles. The first-order valence-electron chi connectivity index (χ1n) is 10.7. The summed E-state index contributed by atoms with van der Waals surface area (Å²) in [6.45, 7) is 3.95. The Kier molecular flexibility index (Phi) is 7.01. The Morgan fingerprint density at radius 2 is 1.88 bits per heavy atom. The van der Waals surface area contributed by atoms with Gasteiger partial charge in [-0.15, -0.1) is 0 Å². The van der Waals surface area contributed by atoms with Crippen molar-refractivity contribution < 1.29 is 18.3 Å². The number of carbonyl (C=O) groups excluding carboxylic acids is 1. The second-order valence-electron chi connectivity index (χ2n) is 7.66. The molecule has 0 spiro atoms. The Labute approximate surface area is 186 Å². The minimum Gasteiger partial charge on any atom is -0.496 e. The summed E-state index contributed by atoms with van der Waals surface area (Å²) in [4.78, 5) is 21.0. The lowest BCUT2D eigenvalue weighted by atomic mass is 10.1. The molecular weight excluding hydrogens is 411 g/mol. The van der Waals surface area contributed by atoms with Gasteiger partial charge >= 0.3 is 0 Å². The lowest BCUT2D eigenvalue weighted by molar-refractivity contribution is 0.0949. The van der Waals surface area contributed by atoms with Crippen molar-refractivity contribution in [3.8, 4) is 5.75 Å². The number of nitrogens with zero attached hydrogens (tertiary/aromatic N) is 3. The highest BCUT2D eigenvalue weighted by Gasteiger charge is 2.21. The number of aromatic nitrogens is 1. The van der Waals surface area contributed by atoms with Crippen molar-refractivity contribution in [2.24, 2.45) is 0 Å². The molecule has 168 valence electrons. The van der Waals surface area contributed by atoms with Crippen molar-refractivity contribution in [1.82, 2.24) is 15.2 Å². The predicted octanol–water partition coefficient (Wildman–Crippen LogP) is 3.12. The topological polar surface area (TPSA) is 70.8 Å². The highest BCUT2D eigenvalue weighted by Crippen LogP contribution is 2.21. The van der Waals surface area contributed by atoms with Crippen LogP contribution in [0.2, 0.25) is 0 Å². The minimum absolute atomic E-state index is 0.199.